The summed E-state index contributed by atoms with van der Waals surface area (Å²) in [5, 5.41) is 3.61. The van der Waals surface area contributed by atoms with Gasteiger partial charge < -0.3 is 15.0 Å². The molecule has 1 aliphatic carbocycles. The molecule has 0 spiro atoms. The predicted octanol–water partition coefficient (Wildman–Crippen LogP) is 3.47. The lowest BCUT2D eigenvalue weighted by molar-refractivity contribution is 0.250. The van der Waals surface area contributed by atoms with Crippen LogP contribution in [0.1, 0.15) is 44.2 Å². The molecule has 0 saturated heterocycles. The molecule has 0 bridgehead atoms. The molecular weight excluding hydrogens is 260 g/mol. The number of hydrogen-bond acceptors (Lipinski definition) is 3. The Morgan fingerprint density at radius 3 is 2.76 bits per heavy atom. The summed E-state index contributed by atoms with van der Waals surface area (Å²) in [6.45, 7) is 5.44. The molecule has 21 heavy (non-hydrogen) atoms. The van der Waals surface area contributed by atoms with Crippen molar-refractivity contribution < 1.29 is 4.74 Å². The van der Waals surface area contributed by atoms with E-state index in [0.29, 0.717) is 6.04 Å². The average Bonchev–Trinajstić information content (AvgIpc) is 2.99. The SMILES string of the molecule is CCNC(CN(C)CC1CCCC1)c1cccc(OC)c1. The van der Waals surface area contributed by atoms with Crippen LogP contribution in [0.15, 0.2) is 24.3 Å². The lowest BCUT2D eigenvalue weighted by Gasteiger charge is -2.27. The summed E-state index contributed by atoms with van der Waals surface area (Å²) in [6, 6.07) is 8.80. The first-order valence-electron chi connectivity index (χ1n) is 8.28. The van der Waals surface area contributed by atoms with E-state index in [1.165, 1.54) is 37.8 Å². The maximum absolute atomic E-state index is 5.35. The molecule has 1 aliphatic rings. The van der Waals surface area contributed by atoms with Crippen molar-refractivity contribution in [3.8, 4) is 5.75 Å². The Bertz CT molecular complexity index is 415. The molecule has 1 aromatic rings. The maximum atomic E-state index is 5.35. The standard InChI is InChI=1S/C18H30N2O/c1-4-19-18(16-10-7-11-17(12-16)21-3)14-20(2)13-15-8-5-6-9-15/h7,10-12,15,18-19H,4-6,8-9,13-14H2,1-3H3. The first-order valence-corrected chi connectivity index (χ1v) is 8.28. The third-order valence-electron chi connectivity index (χ3n) is 4.49. The Hall–Kier alpha value is -1.06. The highest BCUT2D eigenvalue weighted by Crippen LogP contribution is 2.26. The first kappa shape index (κ1) is 16.3. The van der Waals surface area contributed by atoms with Gasteiger partial charge in [0.2, 0.25) is 0 Å². The monoisotopic (exact) mass is 290 g/mol. The van der Waals surface area contributed by atoms with Crippen LogP contribution >= 0.6 is 0 Å². The highest BCUT2D eigenvalue weighted by atomic mass is 16.5. The largest absolute Gasteiger partial charge is 0.497 e. The molecule has 1 N–H and O–H groups in total. The fourth-order valence-electron chi connectivity index (χ4n) is 3.41. The Morgan fingerprint density at radius 2 is 2.10 bits per heavy atom. The van der Waals surface area contributed by atoms with Crippen LogP contribution in [0.3, 0.4) is 0 Å². The Morgan fingerprint density at radius 1 is 1.33 bits per heavy atom. The van der Waals surface area contributed by atoms with Gasteiger partial charge in [0, 0.05) is 19.1 Å². The Labute approximate surface area is 129 Å². The highest BCUT2D eigenvalue weighted by molar-refractivity contribution is 5.30. The van der Waals surface area contributed by atoms with Gasteiger partial charge in [-0.2, -0.15) is 0 Å². The van der Waals surface area contributed by atoms with E-state index < -0.39 is 0 Å². The normalized spacial score (nSPS) is 17.3. The Kier molecular flexibility index (Phi) is 6.52. The number of ether oxygens (including phenoxy) is 1. The quantitative estimate of drug-likeness (QED) is 0.793. The number of nitrogens with zero attached hydrogens (tertiary/aromatic N) is 1. The van der Waals surface area contributed by atoms with E-state index in [9.17, 15) is 0 Å². The number of rotatable bonds is 8. The van der Waals surface area contributed by atoms with E-state index in [1.807, 2.05) is 6.07 Å². The van der Waals surface area contributed by atoms with Crippen LogP contribution in [0.25, 0.3) is 0 Å². The fraction of sp³-hybridized carbons (Fsp3) is 0.667. The number of hydrogen-bond donors (Lipinski definition) is 1. The lowest BCUT2D eigenvalue weighted by Crippen LogP contribution is -2.35. The minimum atomic E-state index is 0.372. The lowest BCUT2D eigenvalue weighted by atomic mass is 10.0. The van der Waals surface area contributed by atoms with Crippen LogP contribution in [-0.4, -0.2) is 38.7 Å². The van der Waals surface area contributed by atoms with E-state index in [2.05, 4.69) is 42.4 Å². The third kappa shape index (κ3) is 5.01. The zero-order chi connectivity index (χ0) is 15.1. The van der Waals surface area contributed by atoms with Crippen molar-refractivity contribution in [2.75, 3.05) is 33.8 Å². The van der Waals surface area contributed by atoms with E-state index in [4.69, 9.17) is 4.74 Å². The van der Waals surface area contributed by atoms with Crippen molar-refractivity contribution in [2.45, 2.75) is 38.6 Å². The van der Waals surface area contributed by atoms with Gasteiger partial charge in [0.15, 0.2) is 0 Å². The zero-order valence-corrected chi connectivity index (χ0v) is 13.8. The van der Waals surface area contributed by atoms with Gasteiger partial charge in [-0.25, -0.2) is 0 Å². The van der Waals surface area contributed by atoms with Crippen LogP contribution < -0.4 is 10.1 Å². The molecule has 0 aromatic heterocycles. The minimum absolute atomic E-state index is 0.372. The summed E-state index contributed by atoms with van der Waals surface area (Å²) in [5.74, 6) is 1.84. The molecular formula is C18H30N2O. The fourth-order valence-corrected chi connectivity index (χ4v) is 3.41. The van der Waals surface area contributed by atoms with Crippen molar-refractivity contribution >= 4 is 0 Å². The van der Waals surface area contributed by atoms with E-state index in [-0.39, 0.29) is 0 Å². The van der Waals surface area contributed by atoms with Gasteiger partial charge in [-0.05, 0) is 50.0 Å². The Balaban J connectivity index is 1.96. The van der Waals surface area contributed by atoms with E-state index >= 15 is 0 Å². The van der Waals surface area contributed by atoms with Crippen LogP contribution in [0.2, 0.25) is 0 Å². The van der Waals surface area contributed by atoms with Crippen molar-refractivity contribution in [2.24, 2.45) is 5.92 Å². The molecule has 1 saturated carbocycles. The summed E-state index contributed by atoms with van der Waals surface area (Å²) < 4.78 is 5.35. The zero-order valence-electron chi connectivity index (χ0n) is 13.8. The van der Waals surface area contributed by atoms with Crippen molar-refractivity contribution in [1.29, 1.82) is 0 Å². The molecule has 118 valence electrons. The molecule has 1 fully saturated rings. The number of nitrogens with one attached hydrogen (secondary N) is 1. The predicted molar refractivity (Wildman–Crippen MR) is 88.9 cm³/mol. The first-order chi connectivity index (χ1) is 10.2. The van der Waals surface area contributed by atoms with Gasteiger partial charge >= 0.3 is 0 Å². The van der Waals surface area contributed by atoms with E-state index in [0.717, 1.165) is 24.8 Å². The average molecular weight is 290 g/mol. The molecule has 0 amide bonds. The number of likely N-dealkylation sites (N-methyl/N-ethyl adjacent to an activating group) is 2. The molecule has 2 rings (SSSR count). The molecule has 1 atom stereocenters. The van der Waals surface area contributed by atoms with Gasteiger partial charge in [0.05, 0.1) is 7.11 Å². The summed E-state index contributed by atoms with van der Waals surface area (Å²) in [5.41, 5.74) is 1.31. The van der Waals surface area contributed by atoms with Gasteiger partial charge in [-0.1, -0.05) is 31.9 Å². The number of benzene rings is 1. The molecule has 0 heterocycles. The van der Waals surface area contributed by atoms with Crippen molar-refractivity contribution in [3.05, 3.63) is 29.8 Å². The van der Waals surface area contributed by atoms with Crippen LogP contribution in [0.4, 0.5) is 0 Å². The van der Waals surface area contributed by atoms with Crippen LogP contribution in [0, 0.1) is 5.92 Å². The molecule has 1 unspecified atom stereocenters. The van der Waals surface area contributed by atoms with Crippen LogP contribution in [-0.2, 0) is 0 Å². The van der Waals surface area contributed by atoms with Crippen molar-refractivity contribution in [3.63, 3.8) is 0 Å². The van der Waals surface area contributed by atoms with Crippen molar-refractivity contribution in [1.82, 2.24) is 10.2 Å². The topological polar surface area (TPSA) is 24.5 Å². The summed E-state index contributed by atoms with van der Waals surface area (Å²) in [7, 11) is 3.98. The van der Waals surface area contributed by atoms with Gasteiger partial charge in [0.1, 0.15) is 5.75 Å². The van der Waals surface area contributed by atoms with Gasteiger partial charge in [-0.15, -0.1) is 0 Å². The third-order valence-corrected chi connectivity index (χ3v) is 4.49. The molecule has 0 aliphatic heterocycles. The molecule has 3 heteroatoms. The van der Waals surface area contributed by atoms with E-state index in [1.54, 1.807) is 7.11 Å². The second-order valence-electron chi connectivity index (χ2n) is 6.26. The maximum Gasteiger partial charge on any atom is 0.119 e. The second kappa shape index (κ2) is 8.40. The summed E-state index contributed by atoms with van der Waals surface area (Å²) in [4.78, 5) is 2.49. The van der Waals surface area contributed by atoms with Gasteiger partial charge in [-0.3, -0.25) is 0 Å². The van der Waals surface area contributed by atoms with Crippen LogP contribution in [0.5, 0.6) is 5.75 Å². The smallest absolute Gasteiger partial charge is 0.119 e. The summed E-state index contributed by atoms with van der Waals surface area (Å²) in [6.07, 6.45) is 5.67. The van der Waals surface area contributed by atoms with Gasteiger partial charge in [0.25, 0.3) is 0 Å². The number of methoxy groups -OCH3 is 1. The molecule has 0 radical (unpaired) electrons. The molecule has 3 nitrogen and oxygen atoms in total. The molecule has 1 aromatic carbocycles. The minimum Gasteiger partial charge on any atom is -0.497 e. The summed E-state index contributed by atoms with van der Waals surface area (Å²) >= 11 is 0. The highest BCUT2D eigenvalue weighted by Gasteiger charge is 2.19. The second-order valence-corrected chi connectivity index (χ2v) is 6.26.